The number of methoxy groups -OCH3 is 1. The van der Waals surface area contributed by atoms with Gasteiger partial charge < -0.3 is 15.0 Å². The number of hydrogen-bond acceptors (Lipinski definition) is 4. The summed E-state index contributed by atoms with van der Waals surface area (Å²) in [5, 5.41) is 1.01. The van der Waals surface area contributed by atoms with Gasteiger partial charge in [-0.05, 0) is 59.7 Å². The Kier molecular flexibility index (Phi) is 5.50. The first kappa shape index (κ1) is 20.5. The Morgan fingerprint density at radius 2 is 1.91 bits per heavy atom. The quantitative estimate of drug-likeness (QED) is 0.310. The molecule has 0 unspecified atom stereocenters. The minimum atomic E-state index is 0.0222. The van der Waals surface area contributed by atoms with Gasteiger partial charge in [0.15, 0.2) is 5.78 Å². The first-order valence-corrected chi connectivity index (χ1v) is 11.1. The molecule has 0 amide bonds. The molecule has 1 aliphatic rings. The summed E-state index contributed by atoms with van der Waals surface area (Å²) in [6.07, 6.45) is 4.37. The maximum Gasteiger partial charge on any atom is 0.168 e. The fourth-order valence-corrected chi connectivity index (χ4v) is 4.30. The number of ketones is 1. The lowest BCUT2D eigenvalue weighted by molar-refractivity contribution is 0.0993. The van der Waals surface area contributed by atoms with E-state index in [4.69, 9.17) is 10.5 Å². The first-order chi connectivity index (χ1) is 15.6. The second-order valence-electron chi connectivity index (χ2n) is 8.50. The van der Waals surface area contributed by atoms with Crippen LogP contribution in [0.4, 0.5) is 5.69 Å². The molecule has 162 valence electrons. The summed E-state index contributed by atoms with van der Waals surface area (Å²) in [7, 11) is 1.71. The molecule has 5 nitrogen and oxygen atoms in total. The molecule has 2 aromatic carbocycles. The molecule has 2 N–H and O–H groups in total. The van der Waals surface area contributed by atoms with Gasteiger partial charge in [0.05, 0.1) is 6.61 Å². The van der Waals surface area contributed by atoms with Crippen molar-refractivity contribution < 1.29 is 9.53 Å². The molecule has 5 heteroatoms. The number of aromatic nitrogens is 2. The van der Waals surface area contributed by atoms with Crippen LogP contribution in [-0.4, -0.2) is 29.1 Å². The Balaban J connectivity index is 1.43. The van der Waals surface area contributed by atoms with Crippen LogP contribution in [0.1, 0.15) is 40.4 Å². The lowest BCUT2D eigenvalue weighted by Gasteiger charge is -2.10. The summed E-state index contributed by atoms with van der Waals surface area (Å²) in [5.41, 5.74) is 12.7. The molecular formula is C27H27N3O2. The molecule has 1 fully saturated rings. The molecule has 0 bridgehead atoms. The Hall–Kier alpha value is -3.44. The number of anilines is 1. The first-order valence-electron chi connectivity index (χ1n) is 11.1. The van der Waals surface area contributed by atoms with Crippen molar-refractivity contribution >= 4 is 22.5 Å². The van der Waals surface area contributed by atoms with Crippen LogP contribution in [-0.2, 0) is 17.7 Å². The van der Waals surface area contributed by atoms with Gasteiger partial charge in [0.2, 0.25) is 0 Å². The second kappa shape index (κ2) is 8.60. The van der Waals surface area contributed by atoms with Crippen LogP contribution in [0, 0.1) is 0 Å². The number of carbonyl (C=O) groups is 1. The van der Waals surface area contributed by atoms with Crippen molar-refractivity contribution in [3.05, 3.63) is 83.7 Å². The third kappa shape index (κ3) is 4.04. The minimum Gasteiger partial charge on any atom is -0.398 e. The van der Waals surface area contributed by atoms with Gasteiger partial charge in [0.1, 0.15) is 5.65 Å². The van der Waals surface area contributed by atoms with Crippen molar-refractivity contribution in [2.24, 2.45) is 0 Å². The van der Waals surface area contributed by atoms with Crippen LogP contribution in [0.25, 0.3) is 22.2 Å². The fraction of sp³-hybridized carbons (Fsp3) is 0.259. The number of carbonyl (C=O) groups excluding carboxylic acids is 1. The molecular weight excluding hydrogens is 398 g/mol. The SMILES string of the molecule is COCCn1c(C2CC2)cc2cc(C(=O)Cc3cc(-c4ccccc4)ccc3N)cnc21. The van der Waals surface area contributed by atoms with Gasteiger partial charge in [0, 0.05) is 48.6 Å². The monoisotopic (exact) mass is 425 g/mol. The summed E-state index contributed by atoms with van der Waals surface area (Å²) in [5.74, 6) is 0.620. The standard InChI is InChI=1S/C27H27N3O2/c1-32-12-11-30-25(19-7-8-19)15-22-14-23(17-29-27(22)30)26(31)16-21-13-20(9-10-24(21)28)18-5-3-2-4-6-18/h2-6,9-10,13-15,17,19H,7-8,11-12,16,28H2,1H3. The van der Waals surface area contributed by atoms with Crippen LogP contribution in [0.15, 0.2) is 66.9 Å². The molecule has 0 atom stereocenters. The van der Waals surface area contributed by atoms with Crippen LogP contribution in [0.2, 0.25) is 0 Å². The van der Waals surface area contributed by atoms with Crippen molar-refractivity contribution in [1.82, 2.24) is 9.55 Å². The van der Waals surface area contributed by atoms with E-state index in [9.17, 15) is 4.79 Å². The molecule has 0 radical (unpaired) electrons. The Morgan fingerprint density at radius 1 is 1.09 bits per heavy atom. The number of benzene rings is 2. The molecule has 2 heterocycles. The zero-order valence-electron chi connectivity index (χ0n) is 18.3. The molecule has 2 aromatic heterocycles. The Labute approximate surface area is 187 Å². The highest BCUT2D eigenvalue weighted by atomic mass is 16.5. The number of ether oxygens (including phenoxy) is 1. The lowest BCUT2D eigenvalue weighted by atomic mass is 9.97. The largest absolute Gasteiger partial charge is 0.398 e. The van der Waals surface area contributed by atoms with Crippen molar-refractivity contribution in [3.8, 4) is 11.1 Å². The zero-order valence-corrected chi connectivity index (χ0v) is 18.3. The van der Waals surface area contributed by atoms with Crippen molar-refractivity contribution in [1.29, 1.82) is 0 Å². The van der Waals surface area contributed by atoms with E-state index in [1.165, 1.54) is 18.5 Å². The van der Waals surface area contributed by atoms with Gasteiger partial charge in [0.25, 0.3) is 0 Å². The van der Waals surface area contributed by atoms with Gasteiger partial charge in [-0.25, -0.2) is 4.98 Å². The van der Waals surface area contributed by atoms with E-state index in [0.29, 0.717) is 23.8 Å². The molecule has 4 aromatic rings. The Morgan fingerprint density at radius 3 is 2.66 bits per heavy atom. The van der Waals surface area contributed by atoms with Crippen molar-refractivity contribution in [3.63, 3.8) is 0 Å². The molecule has 0 saturated heterocycles. The molecule has 1 saturated carbocycles. The summed E-state index contributed by atoms with van der Waals surface area (Å²) in [4.78, 5) is 17.8. The van der Waals surface area contributed by atoms with Crippen molar-refractivity contribution in [2.75, 3.05) is 19.5 Å². The van der Waals surface area contributed by atoms with Gasteiger partial charge in [-0.15, -0.1) is 0 Å². The number of nitrogens with two attached hydrogens (primary N) is 1. The highest BCUT2D eigenvalue weighted by Gasteiger charge is 2.28. The van der Waals surface area contributed by atoms with Crippen LogP contribution in [0.3, 0.4) is 0 Å². The van der Waals surface area contributed by atoms with Crippen LogP contribution < -0.4 is 5.73 Å². The topological polar surface area (TPSA) is 70.1 Å². The third-order valence-electron chi connectivity index (χ3n) is 6.20. The van der Waals surface area contributed by atoms with E-state index in [1.807, 2.05) is 42.5 Å². The number of rotatable bonds is 8. The van der Waals surface area contributed by atoms with E-state index in [2.05, 4.69) is 27.8 Å². The minimum absolute atomic E-state index is 0.0222. The normalized spacial score (nSPS) is 13.5. The molecule has 5 rings (SSSR count). The van der Waals surface area contributed by atoms with E-state index in [-0.39, 0.29) is 12.2 Å². The summed E-state index contributed by atoms with van der Waals surface area (Å²) >= 11 is 0. The van der Waals surface area contributed by atoms with Gasteiger partial charge in [-0.1, -0.05) is 36.4 Å². The highest BCUT2D eigenvalue weighted by Crippen LogP contribution is 2.42. The van der Waals surface area contributed by atoms with Gasteiger partial charge in [-0.2, -0.15) is 0 Å². The molecule has 0 aliphatic heterocycles. The van der Waals surface area contributed by atoms with E-state index >= 15 is 0 Å². The maximum absolute atomic E-state index is 13.1. The number of pyridine rings is 1. The number of fused-ring (bicyclic) bond motifs is 1. The predicted molar refractivity (Wildman–Crippen MR) is 128 cm³/mol. The van der Waals surface area contributed by atoms with Gasteiger partial charge in [-0.3, -0.25) is 4.79 Å². The molecule has 32 heavy (non-hydrogen) atoms. The van der Waals surface area contributed by atoms with Crippen LogP contribution >= 0.6 is 0 Å². The average molecular weight is 426 g/mol. The lowest BCUT2D eigenvalue weighted by Crippen LogP contribution is -2.09. The van der Waals surface area contributed by atoms with E-state index in [0.717, 1.165) is 34.3 Å². The number of nitrogens with zero attached hydrogens (tertiary/aromatic N) is 2. The fourth-order valence-electron chi connectivity index (χ4n) is 4.30. The van der Waals surface area contributed by atoms with E-state index in [1.54, 1.807) is 13.3 Å². The summed E-state index contributed by atoms with van der Waals surface area (Å²) in [6.45, 7) is 1.41. The van der Waals surface area contributed by atoms with Gasteiger partial charge >= 0.3 is 0 Å². The molecule has 0 spiro atoms. The second-order valence-corrected chi connectivity index (χ2v) is 8.50. The predicted octanol–water partition coefficient (Wildman–Crippen LogP) is 5.23. The summed E-state index contributed by atoms with van der Waals surface area (Å²) < 4.78 is 7.53. The third-order valence-corrected chi connectivity index (χ3v) is 6.20. The zero-order chi connectivity index (χ0) is 22.1. The van der Waals surface area contributed by atoms with E-state index < -0.39 is 0 Å². The average Bonchev–Trinajstić information content (AvgIpc) is 3.60. The Bertz CT molecular complexity index is 1270. The number of nitrogen functional groups attached to an aromatic ring is 1. The maximum atomic E-state index is 13.1. The number of hydrogen-bond donors (Lipinski definition) is 1. The van der Waals surface area contributed by atoms with Crippen molar-refractivity contribution in [2.45, 2.75) is 31.7 Å². The number of Topliss-reactive ketones (excluding diaryl/α,β-unsaturated/α-hetero) is 1. The van der Waals surface area contributed by atoms with Crippen LogP contribution in [0.5, 0.6) is 0 Å². The summed E-state index contributed by atoms with van der Waals surface area (Å²) in [6, 6.07) is 20.2. The molecule has 1 aliphatic carbocycles. The smallest absolute Gasteiger partial charge is 0.168 e. The highest BCUT2D eigenvalue weighted by molar-refractivity contribution is 6.00.